The summed E-state index contributed by atoms with van der Waals surface area (Å²) in [4.78, 5) is 16.6. The summed E-state index contributed by atoms with van der Waals surface area (Å²) >= 11 is 3.31. The number of hydrogen-bond acceptors (Lipinski definition) is 4. The molecular weight excluding hydrogens is 418 g/mol. The first-order valence-corrected chi connectivity index (χ1v) is 10.6. The van der Waals surface area contributed by atoms with E-state index in [1.54, 1.807) is 36.7 Å². The van der Waals surface area contributed by atoms with Crippen molar-refractivity contribution >= 4 is 31.9 Å². The number of rotatable bonds is 5. The summed E-state index contributed by atoms with van der Waals surface area (Å²) in [6, 6.07) is 10.3. The Morgan fingerprint density at radius 2 is 1.73 bits per heavy atom. The van der Waals surface area contributed by atoms with Crippen molar-refractivity contribution in [2.24, 2.45) is 5.92 Å². The molecule has 0 radical (unpaired) electrons. The summed E-state index contributed by atoms with van der Waals surface area (Å²) in [7, 11) is -3.51. The molecule has 1 fully saturated rings. The summed E-state index contributed by atoms with van der Waals surface area (Å²) in [5.74, 6) is -0.185. The standard InChI is InChI=1S/C18H20BrN3O3S/c19-16-1-3-17(4-2-16)26(24,25)22-11-7-15(8-12-22)18(23)21-13-14-5-9-20-10-6-14/h1-6,9-10,15H,7-8,11-13H2,(H,21,23). The number of pyridine rings is 1. The first-order valence-electron chi connectivity index (χ1n) is 8.39. The van der Waals surface area contributed by atoms with Gasteiger partial charge in [0.2, 0.25) is 15.9 Å². The number of nitrogens with zero attached hydrogens (tertiary/aromatic N) is 2. The van der Waals surface area contributed by atoms with E-state index in [1.165, 1.54) is 4.31 Å². The number of benzene rings is 1. The largest absolute Gasteiger partial charge is 0.352 e. The van der Waals surface area contributed by atoms with Gasteiger partial charge in [0, 0.05) is 42.4 Å². The van der Waals surface area contributed by atoms with E-state index in [-0.39, 0.29) is 16.7 Å². The van der Waals surface area contributed by atoms with Crippen LogP contribution in [0.2, 0.25) is 0 Å². The van der Waals surface area contributed by atoms with Gasteiger partial charge in [0.15, 0.2) is 0 Å². The van der Waals surface area contributed by atoms with Crippen molar-refractivity contribution in [3.8, 4) is 0 Å². The minimum atomic E-state index is -3.51. The molecule has 26 heavy (non-hydrogen) atoms. The fraction of sp³-hybridized carbons (Fsp3) is 0.333. The van der Waals surface area contributed by atoms with E-state index >= 15 is 0 Å². The average molecular weight is 438 g/mol. The molecule has 2 heterocycles. The molecule has 1 amide bonds. The lowest BCUT2D eigenvalue weighted by atomic mass is 9.97. The number of piperidine rings is 1. The first kappa shape index (κ1) is 19.0. The first-order chi connectivity index (χ1) is 12.5. The number of sulfonamides is 1. The third-order valence-corrected chi connectivity index (χ3v) is 6.93. The quantitative estimate of drug-likeness (QED) is 0.779. The number of carbonyl (C=O) groups is 1. The van der Waals surface area contributed by atoms with Gasteiger partial charge in [-0.1, -0.05) is 15.9 Å². The van der Waals surface area contributed by atoms with Crippen LogP contribution in [0.25, 0.3) is 0 Å². The summed E-state index contributed by atoms with van der Waals surface area (Å²) in [5, 5.41) is 2.92. The molecule has 1 aromatic heterocycles. The molecule has 0 aliphatic carbocycles. The number of nitrogens with one attached hydrogen (secondary N) is 1. The monoisotopic (exact) mass is 437 g/mol. The molecule has 1 N–H and O–H groups in total. The second-order valence-electron chi connectivity index (χ2n) is 6.21. The second-order valence-corrected chi connectivity index (χ2v) is 9.06. The Hall–Kier alpha value is -1.77. The van der Waals surface area contributed by atoms with E-state index in [0.717, 1.165) is 10.0 Å². The molecule has 0 atom stereocenters. The van der Waals surface area contributed by atoms with Gasteiger partial charge in [-0.3, -0.25) is 9.78 Å². The van der Waals surface area contributed by atoms with E-state index in [2.05, 4.69) is 26.2 Å². The van der Waals surface area contributed by atoms with Crippen molar-refractivity contribution in [2.45, 2.75) is 24.3 Å². The Kier molecular flexibility index (Phi) is 6.05. The van der Waals surface area contributed by atoms with Crippen LogP contribution in [0.1, 0.15) is 18.4 Å². The lowest BCUT2D eigenvalue weighted by molar-refractivity contribution is -0.126. The number of amides is 1. The van der Waals surface area contributed by atoms with Gasteiger partial charge in [0.1, 0.15) is 0 Å². The van der Waals surface area contributed by atoms with Gasteiger partial charge >= 0.3 is 0 Å². The van der Waals surface area contributed by atoms with Crippen LogP contribution in [0.15, 0.2) is 58.2 Å². The van der Waals surface area contributed by atoms with Crippen LogP contribution in [0.5, 0.6) is 0 Å². The second kappa shape index (κ2) is 8.28. The zero-order valence-electron chi connectivity index (χ0n) is 14.1. The van der Waals surface area contributed by atoms with Gasteiger partial charge in [-0.25, -0.2) is 8.42 Å². The molecule has 3 rings (SSSR count). The molecule has 2 aromatic rings. The zero-order valence-corrected chi connectivity index (χ0v) is 16.5. The fourth-order valence-corrected chi connectivity index (χ4v) is 4.68. The topological polar surface area (TPSA) is 79.4 Å². The maximum Gasteiger partial charge on any atom is 0.243 e. The van der Waals surface area contributed by atoms with E-state index in [1.807, 2.05) is 12.1 Å². The fourth-order valence-electron chi connectivity index (χ4n) is 2.95. The van der Waals surface area contributed by atoms with E-state index in [4.69, 9.17) is 0 Å². The van der Waals surface area contributed by atoms with Crippen LogP contribution >= 0.6 is 15.9 Å². The Balaban J connectivity index is 1.55. The lowest BCUT2D eigenvalue weighted by Crippen LogP contribution is -2.42. The molecule has 0 bridgehead atoms. The maximum absolute atomic E-state index is 12.7. The Morgan fingerprint density at radius 1 is 1.12 bits per heavy atom. The smallest absolute Gasteiger partial charge is 0.243 e. The van der Waals surface area contributed by atoms with Gasteiger partial charge in [-0.05, 0) is 54.8 Å². The van der Waals surface area contributed by atoms with Gasteiger partial charge in [0.25, 0.3) is 0 Å². The molecule has 138 valence electrons. The number of carbonyl (C=O) groups excluding carboxylic acids is 1. The molecule has 1 aromatic carbocycles. The van der Waals surface area contributed by atoms with Crippen molar-refractivity contribution in [3.05, 3.63) is 58.8 Å². The van der Waals surface area contributed by atoms with Gasteiger partial charge in [-0.2, -0.15) is 4.31 Å². The van der Waals surface area contributed by atoms with Crippen LogP contribution in [-0.2, 0) is 21.4 Å². The van der Waals surface area contributed by atoms with Crippen molar-refractivity contribution in [3.63, 3.8) is 0 Å². The van der Waals surface area contributed by atoms with Gasteiger partial charge in [0.05, 0.1) is 4.90 Å². The maximum atomic E-state index is 12.7. The third kappa shape index (κ3) is 4.49. The van der Waals surface area contributed by atoms with E-state index < -0.39 is 10.0 Å². The van der Waals surface area contributed by atoms with Crippen LogP contribution in [-0.4, -0.2) is 36.7 Å². The Bertz CT molecular complexity index is 849. The van der Waals surface area contributed by atoms with Crippen LogP contribution in [0, 0.1) is 5.92 Å². The highest BCUT2D eigenvalue weighted by molar-refractivity contribution is 9.10. The highest BCUT2D eigenvalue weighted by atomic mass is 79.9. The van der Waals surface area contributed by atoms with E-state index in [0.29, 0.717) is 32.5 Å². The molecule has 0 unspecified atom stereocenters. The summed E-state index contributed by atoms with van der Waals surface area (Å²) < 4.78 is 27.7. The van der Waals surface area contributed by atoms with E-state index in [9.17, 15) is 13.2 Å². The predicted molar refractivity (Wildman–Crippen MR) is 102 cm³/mol. The minimum Gasteiger partial charge on any atom is -0.352 e. The molecule has 1 aliphatic heterocycles. The molecule has 6 nitrogen and oxygen atoms in total. The molecule has 1 aliphatic rings. The molecule has 1 saturated heterocycles. The van der Waals surface area contributed by atoms with Crippen molar-refractivity contribution in [1.82, 2.24) is 14.6 Å². The Morgan fingerprint density at radius 3 is 2.35 bits per heavy atom. The molecule has 0 saturated carbocycles. The normalized spacial score (nSPS) is 16.3. The number of aromatic nitrogens is 1. The van der Waals surface area contributed by atoms with Crippen LogP contribution in [0.3, 0.4) is 0 Å². The highest BCUT2D eigenvalue weighted by Gasteiger charge is 2.31. The van der Waals surface area contributed by atoms with Gasteiger partial charge in [-0.15, -0.1) is 0 Å². The molecule has 8 heteroatoms. The van der Waals surface area contributed by atoms with Crippen LogP contribution < -0.4 is 5.32 Å². The van der Waals surface area contributed by atoms with Crippen molar-refractivity contribution < 1.29 is 13.2 Å². The minimum absolute atomic E-state index is 0.0255. The zero-order chi connectivity index (χ0) is 18.6. The highest BCUT2D eigenvalue weighted by Crippen LogP contribution is 2.25. The number of hydrogen-bond donors (Lipinski definition) is 1. The van der Waals surface area contributed by atoms with Crippen molar-refractivity contribution in [1.29, 1.82) is 0 Å². The van der Waals surface area contributed by atoms with Crippen molar-refractivity contribution in [2.75, 3.05) is 13.1 Å². The lowest BCUT2D eigenvalue weighted by Gasteiger charge is -2.30. The number of halogens is 1. The average Bonchev–Trinajstić information content (AvgIpc) is 2.67. The summed E-state index contributed by atoms with van der Waals surface area (Å²) in [6.45, 7) is 1.16. The molecule has 0 spiro atoms. The summed E-state index contributed by atoms with van der Waals surface area (Å²) in [6.07, 6.45) is 4.43. The third-order valence-electron chi connectivity index (χ3n) is 4.49. The van der Waals surface area contributed by atoms with Crippen LogP contribution in [0.4, 0.5) is 0 Å². The molecular formula is C18H20BrN3O3S. The SMILES string of the molecule is O=C(NCc1ccncc1)C1CCN(S(=O)(=O)c2ccc(Br)cc2)CC1. The predicted octanol–water partition coefficient (Wildman–Crippen LogP) is 2.56. The van der Waals surface area contributed by atoms with Gasteiger partial charge < -0.3 is 5.32 Å². The summed E-state index contributed by atoms with van der Waals surface area (Å²) in [5.41, 5.74) is 0.989. The Labute approximate surface area is 161 Å².